The quantitative estimate of drug-likeness (QED) is 0.862. The Morgan fingerprint density at radius 3 is 2.86 bits per heavy atom. The van der Waals surface area contributed by atoms with Crippen LogP contribution in [0, 0.1) is 6.92 Å². The highest BCUT2D eigenvalue weighted by atomic mass is 35.5. The van der Waals surface area contributed by atoms with E-state index in [9.17, 15) is 4.79 Å². The highest BCUT2D eigenvalue weighted by Crippen LogP contribution is 2.16. The summed E-state index contributed by atoms with van der Waals surface area (Å²) in [6.07, 6.45) is 1.01. The minimum absolute atomic E-state index is 0.147. The lowest BCUT2D eigenvalue weighted by Gasteiger charge is -2.06. The number of hydrogen-bond donors (Lipinski definition) is 1. The molecule has 0 radical (unpaired) electrons. The van der Waals surface area contributed by atoms with Crippen molar-refractivity contribution in [1.82, 2.24) is 9.97 Å². The van der Waals surface area contributed by atoms with Gasteiger partial charge in [0, 0.05) is 12.5 Å². The lowest BCUT2D eigenvalue weighted by molar-refractivity contribution is -0.116. The second-order valence-corrected chi connectivity index (χ2v) is 4.98. The van der Waals surface area contributed by atoms with E-state index in [1.807, 2.05) is 25.1 Å². The molecular weight excluding hydrogens is 290 g/mol. The number of aromatic nitrogens is 2. The van der Waals surface area contributed by atoms with E-state index < -0.39 is 0 Å². The van der Waals surface area contributed by atoms with Crippen LogP contribution in [-0.2, 0) is 11.2 Å². The van der Waals surface area contributed by atoms with Gasteiger partial charge in [0.2, 0.25) is 17.7 Å². The molecule has 0 aliphatic rings. The SMILES string of the molecule is COc1cc(Cl)nc(NC(=O)CCc2cccc(C)c2)n1. The minimum atomic E-state index is -0.166. The summed E-state index contributed by atoms with van der Waals surface area (Å²) in [5, 5.41) is 2.84. The maximum absolute atomic E-state index is 11.9. The molecule has 2 rings (SSSR count). The zero-order chi connectivity index (χ0) is 15.2. The fourth-order valence-electron chi connectivity index (χ4n) is 1.87. The molecule has 1 N–H and O–H groups in total. The zero-order valence-electron chi connectivity index (χ0n) is 11.9. The second-order valence-electron chi connectivity index (χ2n) is 4.59. The van der Waals surface area contributed by atoms with Crippen molar-refractivity contribution in [3.05, 3.63) is 46.6 Å². The topological polar surface area (TPSA) is 64.1 Å². The largest absolute Gasteiger partial charge is 0.481 e. The first-order valence-electron chi connectivity index (χ1n) is 6.51. The first kappa shape index (κ1) is 15.3. The van der Waals surface area contributed by atoms with Gasteiger partial charge in [0.1, 0.15) is 5.15 Å². The zero-order valence-corrected chi connectivity index (χ0v) is 12.6. The van der Waals surface area contributed by atoms with Crippen molar-refractivity contribution in [3.8, 4) is 5.88 Å². The van der Waals surface area contributed by atoms with Gasteiger partial charge in [-0.25, -0.2) is 4.98 Å². The van der Waals surface area contributed by atoms with Crippen LogP contribution in [0.5, 0.6) is 5.88 Å². The van der Waals surface area contributed by atoms with Crippen LogP contribution >= 0.6 is 11.6 Å². The van der Waals surface area contributed by atoms with Gasteiger partial charge in [0.25, 0.3) is 0 Å². The lowest BCUT2D eigenvalue weighted by Crippen LogP contribution is -2.15. The standard InChI is InChI=1S/C15H16ClN3O2/c1-10-4-3-5-11(8-10)6-7-13(20)18-15-17-12(16)9-14(19-15)21-2/h3-5,8-9H,6-7H2,1-2H3,(H,17,18,19,20). The molecule has 1 aromatic carbocycles. The number of methoxy groups -OCH3 is 1. The van der Waals surface area contributed by atoms with Crippen molar-refractivity contribution >= 4 is 23.5 Å². The molecule has 0 aliphatic heterocycles. The van der Waals surface area contributed by atoms with E-state index in [4.69, 9.17) is 16.3 Å². The van der Waals surface area contributed by atoms with Crippen LogP contribution in [0.4, 0.5) is 5.95 Å². The number of amides is 1. The number of halogens is 1. The third-order valence-corrected chi connectivity index (χ3v) is 3.05. The van der Waals surface area contributed by atoms with Gasteiger partial charge in [-0.05, 0) is 18.9 Å². The predicted molar refractivity (Wildman–Crippen MR) is 81.7 cm³/mol. The van der Waals surface area contributed by atoms with Gasteiger partial charge < -0.3 is 4.74 Å². The van der Waals surface area contributed by atoms with Crippen molar-refractivity contribution in [3.63, 3.8) is 0 Å². The van der Waals surface area contributed by atoms with Crippen molar-refractivity contribution in [1.29, 1.82) is 0 Å². The number of aryl methyl sites for hydroxylation is 2. The van der Waals surface area contributed by atoms with Gasteiger partial charge >= 0.3 is 0 Å². The number of nitrogens with zero attached hydrogens (tertiary/aromatic N) is 2. The monoisotopic (exact) mass is 305 g/mol. The number of carbonyl (C=O) groups is 1. The Balaban J connectivity index is 1.94. The Morgan fingerprint density at radius 2 is 2.14 bits per heavy atom. The Labute approximate surface area is 128 Å². The number of nitrogens with one attached hydrogen (secondary N) is 1. The summed E-state index contributed by atoms with van der Waals surface area (Å²) >= 11 is 5.82. The molecule has 6 heteroatoms. The summed E-state index contributed by atoms with van der Waals surface area (Å²) in [7, 11) is 1.47. The van der Waals surface area contributed by atoms with Crippen LogP contribution in [-0.4, -0.2) is 23.0 Å². The molecule has 21 heavy (non-hydrogen) atoms. The number of hydrogen-bond acceptors (Lipinski definition) is 4. The van der Waals surface area contributed by atoms with Gasteiger partial charge in [0.15, 0.2) is 0 Å². The predicted octanol–water partition coefficient (Wildman–Crippen LogP) is 3.02. The molecule has 0 atom stereocenters. The number of carbonyl (C=O) groups excluding carboxylic acids is 1. The van der Waals surface area contributed by atoms with E-state index >= 15 is 0 Å². The summed E-state index contributed by atoms with van der Waals surface area (Å²) < 4.78 is 4.97. The molecule has 5 nitrogen and oxygen atoms in total. The van der Waals surface area contributed by atoms with E-state index in [0.29, 0.717) is 18.7 Å². The Morgan fingerprint density at radius 1 is 1.33 bits per heavy atom. The highest BCUT2D eigenvalue weighted by Gasteiger charge is 2.08. The smallest absolute Gasteiger partial charge is 0.234 e. The molecule has 2 aromatic rings. The summed E-state index contributed by atoms with van der Waals surface area (Å²) in [6, 6.07) is 9.54. The molecule has 1 amide bonds. The molecule has 110 valence electrons. The highest BCUT2D eigenvalue weighted by molar-refractivity contribution is 6.29. The molecule has 0 saturated carbocycles. The van der Waals surface area contributed by atoms with E-state index in [1.165, 1.54) is 18.7 Å². The average molecular weight is 306 g/mol. The number of ether oxygens (including phenoxy) is 1. The maximum atomic E-state index is 11.9. The molecule has 0 aliphatic carbocycles. The van der Waals surface area contributed by atoms with E-state index in [2.05, 4.69) is 21.4 Å². The first-order chi connectivity index (χ1) is 10.1. The fraction of sp³-hybridized carbons (Fsp3) is 0.267. The molecular formula is C15H16ClN3O2. The van der Waals surface area contributed by atoms with E-state index in [-0.39, 0.29) is 17.0 Å². The van der Waals surface area contributed by atoms with Gasteiger partial charge in [-0.15, -0.1) is 0 Å². The van der Waals surface area contributed by atoms with Crippen molar-refractivity contribution < 1.29 is 9.53 Å². The molecule has 1 heterocycles. The Kier molecular flexibility index (Phi) is 5.11. The normalized spacial score (nSPS) is 10.2. The van der Waals surface area contributed by atoms with Crippen LogP contribution in [0.15, 0.2) is 30.3 Å². The third-order valence-electron chi connectivity index (χ3n) is 2.85. The molecule has 0 unspecified atom stereocenters. The molecule has 0 saturated heterocycles. The van der Waals surface area contributed by atoms with Gasteiger partial charge in [-0.1, -0.05) is 41.4 Å². The van der Waals surface area contributed by atoms with Crippen LogP contribution in [0.25, 0.3) is 0 Å². The Hall–Kier alpha value is -2.14. The summed E-state index contributed by atoms with van der Waals surface area (Å²) in [4.78, 5) is 19.9. The average Bonchev–Trinajstić information content (AvgIpc) is 2.44. The molecule has 0 spiro atoms. The number of benzene rings is 1. The molecule has 1 aromatic heterocycles. The van der Waals surface area contributed by atoms with Crippen molar-refractivity contribution in [2.45, 2.75) is 19.8 Å². The van der Waals surface area contributed by atoms with Crippen LogP contribution in [0.1, 0.15) is 17.5 Å². The molecule has 0 fully saturated rings. The Bertz CT molecular complexity index is 647. The molecule has 0 bridgehead atoms. The van der Waals surface area contributed by atoms with Gasteiger partial charge in [-0.3, -0.25) is 10.1 Å². The summed E-state index contributed by atoms with van der Waals surface area (Å²) in [5.74, 6) is 0.290. The number of anilines is 1. The van der Waals surface area contributed by atoms with Crippen molar-refractivity contribution in [2.24, 2.45) is 0 Å². The van der Waals surface area contributed by atoms with Crippen LogP contribution < -0.4 is 10.1 Å². The lowest BCUT2D eigenvalue weighted by atomic mass is 10.1. The third kappa shape index (κ3) is 4.72. The first-order valence-corrected chi connectivity index (χ1v) is 6.88. The van der Waals surface area contributed by atoms with Crippen LogP contribution in [0.3, 0.4) is 0 Å². The van der Waals surface area contributed by atoms with E-state index in [0.717, 1.165) is 5.56 Å². The van der Waals surface area contributed by atoms with E-state index in [1.54, 1.807) is 0 Å². The number of rotatable bonds is 5. The maximum Gasteiger partial charge on any atom is 0.234 e. The fourth-order valence-corrected chi connectivity index (χ4v) is 2.04. The van der Waals surface area contributed by atoms with Crippen LogP contribution in [0.2, 0.25) is 5.15 Å². The summed E-state index contributed by atoms with van der Waals surface area (Å²) in [6.45, 7) is 2.02. The summed E-state index contributed by atoms with van der Waals surface area (Å²) in [5.41, 5.74) is 2.30. The minimum Gasteiger partial charge on any atom is -0.481 e. The van der Waals surface area contributed by atoms with Crippen molar-refractivity contribution in [2.75, 3.05) is 12.4 Å². The van der Waals surface area contributed by atoms with Gasteiger partial charge in [0.05, 0.1) is 7.11 Å². The van der Waals surface area contributed by atoms with Gasteiger partial charge in [-0.2, -0.15) is 4.98 Å². The second kappa shape index (κ2) is 7.04.